The molecule has 0 aromatic heterocycles. The van der Waals surface area contributed by atoms with Crippen molar-refractivity contribution in [3.63, 3.8) is 0 Å². The predicted octanol–water partition coefficient (Wildman–Crippen LogP) is -0.208. The van der Waals surface area contributed by atoms with Crippen LogP contribution in [0, 0.1) is 10.1 Å². The topological polar surface area (TPSA) is 110 Å². The highest BCUT2D eigenvalue weighted by molar-refractivity contribution is 6.43. The van der Waals surface area contributed by atoms with Crippen LogP contribution in [0.25, 0.3) is 5.76 Å². The second kappa shape index (κ2) is 4.28. The molecule has 1 aliphatic rings. The Hall–Kier alpha value is -2.70. The SMILES string of the molecule is O=C1OC/C(=C(/[O-])c2ccc([N+](=O)[O-])cc2)C1=O. The number of cyclic esters (lactones) is 1. The Labute approximate surface area is 100 Å². The maximum atomic E-state index is 11.8. The fraction of sp³-hybridized carbons (Fsp3) is 0.0909. The van der Waals surface area contributed by atoms with Gasteiger partial charge in [-0.15, -0.1) is 0 Å². The van der Waals surface area contributed by atoms with Gasteiger partial charge in [-0.2, -0.15) is 0 Å². The summed E-state index contributed by atoms with van der Waals surface area (Å²) in [6, 6.07) is 4.75. The molecule has 0 bridgehead atoms. The van der Waals surface area contributed by atoms with Gasteiger partial charge in [-0.05, 0) is 17.7 Å². The van der Waals surface area contributed by atoms with Gasteiger partial charge in [-0.25, -0.2) is 4.79 Å². The van der Waals surface area contributed by atoms with Crippen LogP contribution in [0.2, 0.25) is 0 Å². The lowest BCUT2D eigenvalue weighted by atomic mass is 10.1. The van der Waals surface area contributed by atoms with Crippen molar-refractivity contribution in [3.8, 4) is 0 Å². The number of hydrogen-bond donors (Lipinski definition) is 0. The Morgan fingerprint density at radius 1 is 1.22 bits per heavy atom. The van der Waals surface area contributed by atoms with E-state index in [-0.39, 0.29) is 23.4 Å². The number of esters is 1. The molecule has 0 unspecified atom stereocenters. The Bertz CT molecular complexity index is 572. The second-order valence-corrected chi connectivity index (χ2v) is 3.52. The summed E-state index contributed by atoms with van der Waals surface area (Å²) in [4.78, 5) is 31.9. The molecule has 1 aromatic rings. The van der Waals surface area contributed by atoms with E-state index < -0.39 is 22.4 Å². The number of Topliss-reactive ketones (excluding diaryl/α,β-unsaturated/α-hetero) is 1. The number of nitro groups is 1. The minimum atomic E-state index is -1.06. The molecule has 1 fully saturated rings. The molecule has 2 rings (SSSR count). The largest absolute Gasteiger partial charge is 0.872 e. The summed E-state index contributed by atoms with van der Waals surface area (Å²) in [6.07, 6.45) is 0. The van der Waals surface area contributed by atoms with Gasteiger partial charge in [0.15, 0.2) is 0 Å². The number of hydrogen-bond acceptors (Lipinski definition) is 6. The molecular formula is C11H6NO6-. The van der Waals surface area contributed by atoms with Gasteiger partial charge >= 0.3 is 5.97 Å². The zero-order chi connectivity index (χ0) is 13.3. The number of nitrogens with zero attached hydrogens (tertiary/aromatic N) is 1. The standard InChI is InChI=1S/C11H7NO6/c13-9(8-5-18-11(15)10(8)14)6-1-3-7(4-2-6)12(16)17/h1-4,13H,5H2/p-1/b9-8-. The number of ether oxygens (including phenoxy) is 1. The summed E-state index contributed by atoms with van der Waals surface area (Å²) in [7, 11) is 0. The first-order chi connectivity index (χ1) is 8.50. The minimum absolute atomic E-state index is 0.0993. The van der Waals surface area contributed by atoms with Gasteiger partial charge in [-0.1, -0.05) is 5.76 Å². The van der Waals surface area contributed by atoms with Gasteiger partial charge in [0.2, 0.25) is 0 Å². The molecule has 0 spiro atoms. The minimum Gasteiger partial charge on any atom is -0.872 e. The molecule has 0 radical (unpaired) electrons. The van der Waals surface area contributed by atoms with E-state index in [1.807, 2.05) is 0 Å². The highest BCUT2D eigenvalue weighted by Crippen LogP contribution is 2.21. The number of rotatable bonds is 2. The quantitative estimate of drug-likeness (QED) is 0.179. The van der Waals surface area contributed by atoms with E-state index in [0.29, 0.717) is 0 Å². The van der Waals surface area contributed by atoms with Gasteiger partial charge in [0, 0.05) is 17.7 Å². The lowest BCUT2D eigenvalue weighted by Crippen LogP contribution is -2.13. The summed E-state index contributed by atoms with van der Waals surface area (Å²) in [5.41, 5.74) is -0.322. The van der Waals surface area contributed by atoms with Crippen LogP contribution in [0.15, 0.2) is 29.8 Å². The molecule has 0 saturated carbocycles. The van der Waals surface area contributed by atoms with Crippen LogP contribution in [0.1, 0.15) is 5.56 Å². The van der Waals surface area contributed by atoms with Crippen LogP contribution in [-0.2, 0) is 14.3 Å². The van der Waals surface area contributed by atoms with Crippen molar-refractivity contribution in [2.75, 3.05) is 6.61 Å². The molecule has 1 saturated heterocycles. The lowest BCUT2D eigenvalue weighted by molar-refractivity contribution is -0.384. The van der Waals surface area contributed by atoms with Crippen LogP contribution in [0.3, 0.4) is 0 Å². The van der Waals surface area contributed by atoms with Crippen molar-refractivity contribution in [1.82, 2.24) is 0 Å². The third-order valence-corrected chi connectivity index (χ3v) is 2.42. The van der Waals surface area contributed by atoms with Gasteiger partial charge in [0.05, 0.1) is 4.92 Å². The van der Waals surface area contributed by atoms with Crippen LogP contribution in [0.5, 0.6) is 0 Å². The number of ketones is 1. The Morgan fingerprint density at radius 2 is 1.83 bits per heavy atom. The van der Waals surface area contributed by atoms with Crippen molar-refractivity contribution in [2.24, 2.45) is 0 Å². The number of non-ortho nitro benzene ring substituents is 1. The number of carbonyl (C=O) groups is 2. The Morgan fingerprint density at radius 3 is 2.28 bits per heavy atom. The molecule has 1 heterocycles. The van der Waals surface area contributed by atoms with Crippen LogP contribution in [0.4, 0.5) is 5.69 Å². The fourth-order valence-corrected chi connectivity index (χ4v) is 1.47. The normalized spacial score (nSPS) is 17.6. The van der Waals surface area contributed by atoms with E-state index in [1.165, 1.54) is 12.1 Å². The zero-order valence-corrected chi connectivity index (χ0v) is 8.91. The molecule has 0 atom stereocenters. The average Bonchev–Trinajstić information content (AvgIpc) is 2.69. The van der Waals surface area contributed by atoms with Crippen molar-refractivity contribution >= 4 is 23.2 Å². The van der Waals surface area contributed by atoms with E-state index in [2.05, 4.69) is 4.74 Å². The van der Waals surface area contributed by atoms with Crippen LogP contribution >= 0.6 is 0 Å². The summed E-state index contributed by atoms with van der Waals surface area (Å²) in [6.45, 7) is -0.354. The lowest BCUT2D eigenvalue weighted by Gasteiger charge is -2.13. The van der Waals surface area contributed by atoms with Crippen molar-refractivity contribution in [3.05, 3.63) is 45.5 Å². The molecule has 0 amide bonds. The Kier molecular flexibility index (Phi) is 2.80. The first-order valence-corrected chi connectivity index (χ1v) is 4.87. The molecule has 92 valence electrons. The van der Waals surface area contributed by atoms with Crippen LogP contribution < -0.4 is 5.11 Å². The van der Waals surface area contributed by atoms with E-state index >= 15 is 0 Å². The Balaban J connectivity index is 2.37. The first kappa shape index (κ1) is 11.8. The number of benzene rings is 1. The molecule has 1 aromatic carbocycles. The van der Waals surface area contributed by atoms with Crippen LogP contribution in [-0.4, -0.2) is 23.3 Å². The van der Waals surface area contributed by atoms with Gasteiger partial charge in [0.25, 0.3) is 11.5 Å². The van der Waals surface area contributed by atoms with Gasteiger partial charge in [-0.3, -0.25) is 14.9 Å². The average molecular weight is 248 g/mol. The van der Waals surface area contributed by atoms with Gasteiger partial charge in [0.1, 0.15) is 6.61 Å². The molecule has 1 aliphatic heterocycles. The van der Waals surface area contributed by atoms with Crippen molar-refractivity contribution in [2.45, 2.75) is 0 Å². The summed E-state index contributed by atoms with van der Waals surface area (Å²) < 4.78 is 4.43. The molecule has 7 heteroatoms. The maximum absolute atomic E-state index is 11.8. The van der Waals surface area contributed by atoms with E-state index in [0.717, 1.165) is 12.1 Å². The predicted molar refractivity (Wildman–Crippen MR) is 56.0 cm³/mol. The molecule has 0 N–H and O–H groups in total. The summed E-state index contributed by atoms with van der Waals surface area (Å²) in [5, 5.41) is 22.3. The molecule has 7 nitrogen and oxygen atoms in total. The third-order valence-electron chi connectivity index (χ3n) is 2.42. The highest BCUT2D eigenvalue weighted by Gasteiger charge is 2.29. The molecular weight excluding hydrogens is 242 g/mol. The van der Waals surface area contributed by atoms with E-state index in [1.54, 1.807) is 0 Å². The van der Waals surface area contributed by atoms with E-state index in [4.69, 9.17) is 0 Å². The smallest absolute Gasteiger partial charge is 0.379 e. The number of carbonyl (C=O) groups excluding carboxylic acids is 2. The van der Waals surface area contributed by atoms with E-state index in [9.17, 15) is 24.8 Å². The number of nitro benzene ring substituents is 1. The highest BCUT2D eigenvalue weighted by atomic mass is 16.6. The third kappa shape index (κ3) is 1.93. The molecule has 18 heavy (non-hydrogen) atoms. The fourth-order valence-electron chi connectivity index (χ4n) is 1.47. The van der Waals surface area contributed by atoms with Crippen molar-refractivity contribution in [1.29, 1.82) is 0 Å². The zero-order valence-electron chi connectivity index (χ0n) is 8.91. The summed E-state index contributed by atoms with van der Waals surface area (Å²) >= 11 is 0. The first-order valence-electron chi connectivity index (χ1n) is 4.87. The van der Waals surface area contributed by atoms with Crippen molar-refractivity contribution < 1.29 is 24.4 Å². The maximum Gasteiger partial charge on any atom is 0.379 e. The van der Waals surface area contributed by atoms with Gasteiger partial charge < -0.3 is 9.84 Å². The molecule has 0 aliphatic carbocycles. The monoisotopic (exact) mass is 248 g/mol. The summed E-state index contributed by atoms with van der Waals surface area (Å²) in [5.74, 6) is -2.67. The second-order valence-electron chi connectivity index (χ2n) is 3.52.